The lowest BCUT2D eigenvalue weighted by atomic mass is 10.1. The summed E-state index contributed by atoms with van der Waals surface area (Å²) in [5.41, 5.74) is 0. The first-order valence-electron chi connectivity index (χ1n) is 7.22. The first kappa shape index (κ1) is 22.2. The highest BCUT2D eigenvalue weighted by molar-refractivity contribution is 14.0. The van der Waals surface area contributed by atoms with E-state index in [9.17, 15) is 0 Å². The number of hydrogen-bond donors (Lipinski definition) is 2. The molecule has 0 saturated heterocycles. The van der Waals surface area contributed by atoms with Gasteiger partial charge in [0.1, 0.15) is 0 Å². The highest BCUT2D eigenvalue weighted by Gasteiger charge is 1.98. The van der Waals surface area contributed by atoms with Gasteiger partial charge in [-0.05, 0) is 25.2 Å². The third-order valence-electron chi connectivity index (χ3n) is 2.68. The molecule has 0 fully saturated rings. The molecule has 0 aliphatic heterocycles. The van der Waals surface area contributed by atoms with Crippen LogP contribution in [0.15, 0.2) is 4.99 Å². The van der Waals surface area contributed by atoms with Gasteiger partial charge in [0.05, 0.1) is 13.2 Å². The lowest BCUT2D eigenvalue weighted by molar-refractivity contribution is 0.0689. The number of guanidine groups is 1. The molecule has 0 amide bonds. The van der Waals surface area contributed by atoms with E-state index in [0.29, 0.717) is 13.2 Å². The Morgan fingerprint density at radius 3 is 2.35 bits per heavy atom. The molecule has 0 aromatic heterocycles. The Bertz CT molecular complexity index is 226. The van der Waals surface area contributed by atoms with E-state index in [-0.39, 0.29) is 24.0 Å². The van der Waals surface area contributed by atoms with E-state index in [1.807, 2.05) is 0 Å². The van der Waals surface area contributed by atoms with Crippen molar-refractivity contribution in [2.75, 3.05) is 47.1 Å². The van der Waals surface area contributed by atoms with E-state index in [2.05, 4.69) is 29.5 Å². The van der Waals surface area contributed by atoms with Gasteiger partial charge in [-0.3, -0.25) is 4.99 Å². The lowest BCUT2D eigenvalue weighted by Crippen LogP contribution is -2.38. The second kappa shape index (κ2) is 17.0. The van der Waals surface area contributed by atoms with Crippen molar-refractivity contribution < 1.29 is 9.47 Å². The first-order chi connectivity index (χ1) is 9.20. The fraction of sp³-hybridized carbons (Fsp3) is 0.929. The molecule has 0 bridgehead atoms. The molecule has 0 aliphatic carbocycles. The summed E-state index contributed by atoms with van der Waals surface area (Å²) in [6, 6.07) is 0. The molecule has 0 radical (unpaired) electrons. The largest absolute Gasteiger partial charge is 0.382 e. The average Bonchev–Trinajstić information content (AvgIpc) is 2.39. The summed E-state index contributed by atoms with van der Waals surface area (Å²) in [5, 5.41) is 6.61. The summed E-state index contributed by atoms with van der Waals surface area (Å²) < 4.78 is 10.3. The number of ether oxygens (including phenoxy) is 2. The molecular weight excluding hydrogens is 369 g/mol. The molecule has 0 aromatic carbocycles. The number of nitrogens with one attached hydrogen (secondary N) is 2. The van der Waals surface area contributed by atoms with Crippen LogP contribution in [-0.4, -0.2) is 53.0 Å². The summed E-state index contributed by atoms with van der Waals surface area (Å²) in [5.74, 6) is 1.61. The van der Waals surface area contributed by atoms with Gasteiger partial charge in [0.25, 0.3) is 0 Å². The molecule has 0 atom stereocenters. The van der Waals surface area contributed by atoms with Crippen LogP contribution in [0, 0.1) is 5.92 Å². The van der Waals surface area contributed by atoms with E-state index in [1.54, 1.807) is 14.2 Å². The summed E-state index contributed by atoms with van der Waals surface area (Å²) in [6.45, 7) is 8.49. The minimum atomic E-state index is 0. The monoisotopic (exact) mass is 401 g/mol. The van der Waals surface area contributed by atoms with Gasteiger partial charge < -0.3 is 20.1 Å². The molecular formula is C14H32IN3O2. The summed E-state index contributed by atoms with van der Waals surface area (Å²) >= 11 is 0. The predicted octanol–water partition coefficient (Wildman–Crippen LogP) is 2.26. The molecule has 0 rings (SSSR count). The fourth-order valence-corrected chi connectivity index (χ4v) is 1.48. The minimum absolute atomic E-state index is 0. The first-order valence-corrected chi connectivity index (χ1v) is 7.22. The van der Waals surface area contributed by atoms with Crippen molar-refractivity contribution in [1.29, 1.82) is 0 Å². The van der Waals surface area contributed by atoms with E-state index in [4.69, 9.17) is 9.47 Å². The lowest BCUT2D eigenvalue weighted by Gasteiger charge is -2.12. The smallest absolute Gasteiger partial charge is 0.190 e. The molecule has 0 unspecified atom stereocenters. The molecule has 6 heteroatoms. The molecule has 122 valence electrons. The van der Waals surface area contributed by atoms with Crippen molar-refractivity contribution in [3.05, 3.63) is 0 Å². The van der Waals surface area contributed by atoms with Crippen LogP contribution < -0.4 is 10.6 Å². The zero-order valence-corrected chi connectivity index (χ0v) is 15.7. The van der Waals surface area contributed by atoms with Crippen molar-refractivity contribution in [2.24, 2.45) is 10.9 Å². The Morgan fingerprint density at radius 2 is 1.75 bits per heavy atom. The number of hydrogen-bond acceptors (Lipinski definition) is 3. The molecule has 0 aromatic rings. The SMILES string of the molecule is CN=C(NCCCCOCCOC)NCCC(C)C.I. The van der Waals surface area contributed by atoms with Crippen molar-refractivity contribution in [1.82, 2.24) is 10.6 Å². The van der Waals surface area contributed by atoms with Crippen molar-refractivity contribution in [3.63, 3.8) is 0 Å². The van der Waals surface area contributed by atoms with Crippen LogP contribution in [0.2, 0.25) is 0 Å². The Kier molecular flexibility index (Phi) is 18.8. The van der Waals surface area contributed by atoms with Crippen LogP contribution >= 0.6 is 24.0 Å². The number of nitrogens with zero attached hydrogens (tertiary/aromatic N) is 1. The van der Waals surface area contributed by atoms with Gasteiger partial charge in [-0.25, -0.2) is 0 Å². The predicted molar refractivity (Wildman–Crippen MR) is 96.2 cm³/mol. The number of rotatable bonds is 11. The van der Waals surface area contributed by atoms with E-state index < -0.39 is 0 Å². The molecule has 0 aliphatic rings. The Balaban J connectivity index is 0. The minimum Gasteiger partial charge on any atom is -0.382 e. The van der Waals surface area contributed by atoms with Crippen LogP contribution in [-0.2, 0) is 9.47 Å². The standard InChI is InChI=1S/C14H31N3O2.HI/c1-13(2)7-9-17-14(15-3)16-8-5-6-10-19-12-11-18-4;/h13H,5-12H2,1-4H3,(H2,15,16,17);1H. The maximum atomic E-state index is 5.40. The van der Waals surface area contributed by atoms with E-state index in [1.165, 1.54) is 0 Å². The Morgan fingerprint density at radius 1 is 1.05 bits per heavy atom. The van der Waals surface area contributed by atoms with Crippen LogP contribution in [0.25, 0.3) is 0 Å². The van der Waals surface area contributed by atoms with Crippen molar-refractivity contribution in [3.8, 4) is 0 Å². The van der Waals surface area contributed by atoms with Gasteiger partial charge >= 0.3 is 0 Å². The molecule has 5 nitrogen and oxygen atoms in total. The van der Waals surface area contributed by atoms with Crippen LogP contribution in [0.4, 0.5) is 0 Å². The fourth-order valence-electron chi connectivity index (χ4n) is 1.48. The molecule has 20 heavy (non-hydrogen) atoms. The van der Waals surface area contributed by atoms with Gasteiger partial charge in [0.15, 0.2) is 5.96 Å². The summed E-state index contributed by atoms with van der Waals surface area (Å²) in [7, 11) is 3.49. The maximum Gasteiger partial charge on any atom is 0.190 e. The van der Waals surface area contributed by atoms with Gasteiger partial charge in [-0.1, -0.05) is 13.8 Å². The summed E-state index contributed by atoms with van der Waals surface area (Å²) in [4.78, 5) is 4.19. The Hall–Kier alpha value is -0.0800. The molecule has 0 saturated carbocycles. The quantitative estimate of drug-likeness (QED) is 0.241. The maximum absolute atomic E-state index is 5.40. The number of aliphatic imine (C=N–C) groups is 1. The van der Waals surface area contributed by atoms with Crippen LogP contribution in [0.3, 0.4) is 0 Å². The van der Waals surface area contributed by atoms with Gasteiger partial charge in [0, 0.05) is 33.9 Å². The third kappa shape index (κ3) is 16.0. The van der Waals surface area contributed by atoms with Crippen molar-refractivity contribution >= 4 is 29.9 Å². The van der Waals surface area contributed by atoms with Gasteiger partial charge in [-0.2, -0.15) is 0 Å². The highest BCUT2D eigenvalue weighted by Crippen LogP contribution is 1.96. The number of unbranched alkanes of at least 4 members (excludes halogenated alkanes) is 1. The zero-order valence-electron chi connectivity index (χ0n) is 13.4. The van der Waals surface area contributed by atoms with E-state index >= 15 is 0 Å². The van der Waals surface area contributed by atoms with Crippen molar-refractivity contribution in [2.45, 2.75) is 33.1 Å². The Labute approximate surface area is 141 Å². The van der Waals surface area contributed by atoms with E-state index in [0.717, 1.165) is 50.8 Å². The molecule has 0 spiro atoms. The molecule has 2 N–H and O–H groups in total. The second-order valence-corrected chi connectivity index (χ2v) is 4.92. The van der Waals surface area contributed by atoms with Crippen LogP contribution in [0.5, 0.6) is 0 Å². The zero-order chi connectivity index (χ0) is 14.3. The molecule has 0 heterocycles. The topological polar surface area (TPSA) is 54.9 Å². The number of methoxy groups -OCH3 is 1. The highest BCUT2D eigenvalue weighted by atomic mass is 127. The van der Waals surface area contributed by atoms with Crippen LogP contribution in [0.1, 0.15) is 33.1 Å². The third-order valence-corrected chi connectivity index (χ3v) is 2.68. The average molecular weight is 401 g/mol. The van der Waals surface area contributed by atoms with Gasteiger partial charge in [-0.15, -0.1) is 24.0 Å². The second-order valence-electron chi connectivity index (χ2n) is 4.92. The summed E-state index contributed by atoms with van der Waals surface area (Å²) in [6.07, 6.45) is 3.30. The number of halogens is 1. The van der Waals surface area contributed by atoms with Gasteiger partial charge in [0.2, 0.25) is 0 Å². The normalized spacial score (nSPS) is 11.3.